The van der Waals surface area contributed by atoms with Crippen LogP contribution in [0, 0.1) is 0 Å². The van der Waals surface area contributed by atoms with Crippen LogP contribution in [-0.4, -0.2) is 74.7 Å². The van der Waals surface area contributed by atoms with Crippen molar-refractivity contribution in [2.24, 2.45) is 0 Å². The van der Waals surface area contributed by atoms with E-state index in [2.05, 4.69) is 58.0 Å². The number of benzene rings is 2. The first-order chi connectivity index (χ1) is 21.7. The van der Waals surface area contributed by atoms with Gasteiger partial charge in [-0.1, -0.05) is 24.6 Å². The summed E-state index contributed by atoms with van der Waals surface area (Å²) in [7, 11) is -1.67. The molecule has 4 heterocycles. The molecule has 2 saturated heterocycles. The maximum atomic E-state index is 13.3. The normalized spacial score (nSPS) is 17.9. The first-order valence-electron chi connectivity index (χ1n) is 16.0. The molecular weight excluding hydrogens is 588 g/mol. The molecule has 0 spiro atoms. The van der Waals surface area contributed by atoms with E-state index in [0.717, 1.165) is 104 Å². The van der Waals surface area contributed by atoms with Crippen molar-refractivity contribution < 1.29 is 17.9 Å². The molecule has 7 rings (SSSR count). The number of pyridine rings is 1. The van der Waals surface area contributed by atoms with E-state index in [1.54, 1.807) is 6.07 Å². The lowest BCUT2D eigenvalue weighted by atomic mass is 9.81. The highest BCUT2D eigenvalue weighted by Gasteiger charge is 2.30. The van der Waals surface area contributed by atoms with Crippen LogP contribution < -0.4 is 14.5 Å². The van der Waals surface area contributed by atoms with Gasteiger partial charge in [0.05, 0.1) is 23.0 Å². The molecule has 236 valence electrons. The van der Waals surface area contributed by atoms with Gasteiger partial charge in [0.1, 0.15) is 5.69 Å². The lowest BCUT2D eigenvalue weighted by Gasteiger charge is -2.33. The van der Waals surface area contributed by atoms with Crippen molar-refractivity contribution in [1.82, 2.24) is 19.5 Å². The van der Waals surface area contributed by atoms with E-state index >= 15 is 0 Å². The van der Waals surface area contributed by atoms with Crippen LogP contribution in [0.25, 0.3) is 27.8 Å². The van der Waals surface area contributed by atoms with Crippen LogP contribution in [0.5, 0.6) is 0 Å². The van der Waals surface area contributed by atoms with Crippen LogP contribution in [0.4, 0.5) is 11.4 Å². The molecule has 3 aliphatic rings. The molecule has 1 aliphatic carbocycles. The highest BCUT2D eigenvalue weighted by atomic mass is 32.2. The fourth-order valence-corrected chi connectivity index (χ4v) is 7.25. The van der Waals surface area contributed by atoms with Crippen LogP contribution in [0.1, 0.15) is 67.0 Å². The van der Waals surface area contributed by atoms with Gasteiger partial charge in [-0.15, -0.1) is 0 Å². The Labute approximate surface area is 264 Å². The highest BCUT2D eigenvalue weighted by molar-refractivity contribution is 7.89. The number of carbonyl (C=O) groups excluding carboxylic acids is 1. The van der Waals surface area contributed by atoms with E-state index in [4.69, 9.17) is 14.8 Å². The van der Waals surface area contributed by atoms with Crippen molar-refractivity contribution in [3.8, 4) is 16.8 Å². The lowest BCUT2D eigenvalue weighted by Crippen LogP contribution is -2.36. The molecule has 2 aliphatic heterocycles. The predicted molar refractivity (Wildman–Crippen MR) is 177 cm³/mol. The summed E-state index contributed by atoms with van der Waals surface area (Å²) in [6.07, 6.45) is 8.54. The average Bonchev–Trinajstić information content (AvgIpc) is 3.69. The van der Waals surface area contributed by atoms with Gasteiger partial charge in [0.15, 0.2) is 5.65 Å². The number of hydrogen-bond acceptors (Lipinski definition) is 8. The van der Waals surface area contributed by atoms with Gasteiger partial charge in [0.25, 0.3) is 5.91 Å². The second kappa shape index (κ2) is 12.1. The summed E-state index contributed by atoms with van der Waals surface area (Å²) < 4.78 is 33.6. The van der Waals surface area contributed by atoms with Crippen LogP contribution in [0.3, 0.4) is 0 Å². The number of aromatic nitrogens is 3. The number of amides is 1. The van der Waals surface area contributed by atoms with Gasteiger partial charge in [0.2, 0.25) is 10.0 Å². The van der Waals surface area contributed by atoms with E-state index < -0.39 is 15.9 Å². The Balaban J connectivity index is 1.38. The minimum atomic E-state index is -3.79. The van der Waals surface area contributed by atoms with Crippen LogP contribution in [0.2, 0.25) is 0 Å². The Hall–Kier alpha value is -3.96. The molecule has 1 amide bonds. The monoisotopic (exact) mass is 628 g/mol. The van der Waals surface area contributed by atoms with Crippen molar-refractivity contribution in [2.75, 3.05) is 49.4 Å². The molecule has 0 unspecified atom stereocenters. The molecule has 2 aromatic heterocycles. The van der Waals surface area contributed by atoms with Gasteiger partial charge in [0, 0.05) is 56.7 Å². The minimum Gasteiger partial charge on any atom is -0.381 e. The van der Waals surface area contributed by atoms with Crippen LogP contribution >= 0.6 is 0 Å². The lowest BCUT2D eigenvalue weighted by molar-refractivity contribution is 0.0855. The molecule has 1 saturated carbocycles. The highest BCUT2D eigenvalue weighted by Crippen LogP contribution is 2.43. The molecule has 10 nitrogen and oxygen atoms in total. The fraction of sp³-hybridized carbons (Fsp3) is 0.441. The quantitative estimate of drug-likeness (QED) is 0.282. The molecule has 3 fully saturated rings. The fourth-order valence-electron chi connectivity index (χ4n) is 6.81. The zero-order valence-electron chi connectivity index (χ0n) is 25.9. The van der Waals surface area contributed by atoms with Crippen molar-refractivity contribution in [3.05, 3.63) is 66.0 Å². The van der Waals surface area contributed by atoms with Crippen molar-refractivity contribution in [3.63, 3.8) is 0 Å². The molecule has 2 aromatic carbocycles. The maximum Gasteiger partial charge on any atom is 0.283 e. The number of carbonyl (C=O) groups is 1. The molecule has 11 heteroatoms. The smallest absolute Gasteiger partial charge is 0.283 e. The number of hydrogen-bond donors (Lipinski definition) is 1. The van der Waals surface area contributed by atoms with Crippen molar-refractivity contribution in [1.29, 1.82) is 0 Å². The third kappa shape index (κ3) is 6.03. The summed E-state index contributed by atoms with van der Waals surface area (Å²) >= 11 is 0. The zero-order chi connectivity index (χ0) is 31.1. The largest absolute Gasteiger partial charge is 0.381 e. The van der Waals surface area contributed by atoms with Crippen LogP contribution in [0.15, 0.2) is 54.6 Å². The summed E-state index contributed by atoms with van der Waals surface area (Å²) in [5.41, 5.74) is 6.41. The molecule has 0 atom stereocenters. The standard InChI is InChI=1S/C34H40N6O4S/c1-38(26-15-19-44-20-16-26)25-13-11-23(12-14-25)29-22-30(34(41)37-45(2,42)43)35-33-31(29)32(24-7-5-8-24)36-40(33)28-10-6-9-27(21-28)39-17-3-4-18-39/h6,9-14,21-22,24,26H,3-5,7-8,15-20H2,1-2H3,(H,37,41). The molecule has 45 heavy (non-hydrogen) atoms. The Morgan fingerprint density at radius 3 is 2.33 bits per heavy atom. The van der Waals surface area contributed by atoms with Crippen molar-refractivity contribution >= 4 is 38.3 Å². The third-order valence-corrected chi connectivity index (χ3v) is 10.1. The Bertz CT molecular complexity index is 1820. The maximum absolute atomic E-state index is 13.3. The molecule has 1 N–H and O–H groups in total. The van der Waals surface area contributed by atoms with E-state index in [1.807, 2.05) is 16.8 Å². The number of nitrogens with zero attached hydrogens (tertiary/aromatic N) is 5. The van der Waals surface area contributed by atoms with E-state index in [1.165, 1.54) is 12.8 Å². The number of ether oxygens (including phenoxy) is 1. The van der Waals surface area contributed by atoms with Gasteiger partial charge in [-0.25, -0.2) is 22.8 Å². The SMILES string of the molecule is CN(c1ccc(-c2cc(C(=O)NS(C)(=O)=O)nc3c2c(C2CCC2)nn3-c2cccc(N3CCCC3)c2)cc1)C1CCOCC1. The van der Waals surface area contributed by atoms with Gasteiger partial charge >= 0.3 is 0 Å². The number of sulfonamides is 1. The zero-order valence-corrected chi connectivity index (χ0v) is 26.7. The summed E-state index contributed by atoms with van der Waals surface area (Å²) in [5, 5.41) is 6.09. The molecule has 0 radical (unpaired) electrons. The first-order valence-corrected chi connectivity index (χ1v) is 17.9. The van der Waals surface area contributed by atoms with E-state index in [-0.39, 0.29) is 5.69 Å². The molecular formula is C34H40N6O4S. The Morgan fingerprint density at radius 1 is 0.956 bits per heavy atom. The number of nitrogens with one attached hydrogen (secondary N) is 1. The molecule has 0 bridgehead atoms. The second-order valence-corrected chi connectivity index (χ2v) is 14.3. The second-order valence-electron chi connectivity index (χ2n) is 12.6. The van der Waals surface area contributed by atoms with E-state index in [9.17, 15) is 13.2 Å². The summed E-state index contributed by atoms with van der Waals surface area (Å²) in [4.78, 5) is 22.8. The van der Waals surface area contributed by atoms with E-state index in [0.29, 0.717) is 17.6 Å². The summed E-state index contributed by atoms with van der Waals surface area (Å²) in [5.74, 6) is -0.467. The van der Waals surface area contributed by atoms with Gasteiger partial charge < -0.3 is 14.5 Å². The van der Waals surface area contributed by atoms with Gasteiger partial charge in [-0.05, 0) is 86.1 Å². The number of anilines is 2. The predicted octanol–water partition coefficient (Wildman–Crippen LogP) is 5.26. The first kappa shape index (κ1) is 29.7. The van der Waals surface area contributed by atoms with Crippen LogP contribution in [-0.2, 0) is 14.8 Å². The van der Waals surface area contributed by atoms with Gasteiger partial charge in [-0.2, -0.15) is 5.10 Å². The summed E-state index contributed by atoms with van der Waals surface area (Å²) in [6.45, 7) is 3.59. The summed E-state index contributed by atoms with van der Waals surface area (Å²) in [6, 6.07) is 18.8. The minimum absolute atomic E-state index is 0.0309. The van der Waals surface area contributed by atoms with Crippen molar-refractivity contribution in [2.45, 2.75) is 56.9 Å². The number of fused-ring (bicyclic) bond motifs is 1. The Kier molecular flexibility index (Phi) is 7.99. The van der Waals surface area contributed by atoms with Gasteiger partial charge in [-0.3, -0.25) is 4.79 Å². The topological polar surface area (TPSA) is 110 Å². The molecule has 4 aromatic rings. The average molecular weight is 629 g/mol. The third-order valence-electron chi connectivity index (χ3n) is 9.54. The Morgan fingerprint density at radius 2 is 1.67 bits per heavy atom. The number of rotatable bonds is 8.